The van der Waals surface area contributed by atoms with Gasteiger partial charge in [-0.05, 0) is 49.6 Å². The second kappa shape index (κ2) is 13.3. The minimum absolute atomic E-state index is 0.0932. The van der Waals surface area contributed by atoms with Gasteiger partial charge in [0.15, 0.2) is 12.7 Å². The minimum Gasteiger partial charge on any atom is -0.466 e. The number of thioether (sulfide) groups is 1. The maximum atomic E-state index is 11.6. The number of rotatable bonds is 11. The van der Waals surface area contributed by atoms with Gasteiger partial charge < -0.3 is 9.64 Å². The maximum absolute atomic E-state index is 11.6. The molecule has 3 aromatic carbocycles. The van der Waals surface area contributed by atoms with Crippen molar-refractivity contribution in [3.63, 3.8) is 0 Å². The molecule has 0 aliphatic carbocycles. The predicted molar refractivity (Wildman–Crippen MR) is 162 cm³/mol. The summed E-state index contributed by atoms with van der Waals surface area (Å²) in [6.45, 7) is 4.08. The summed E-state index contributed by atoms with van der Waals surface area (Å²) in [6, 6.07) is 30.0. The van der Waals surface area contributed by atoms with Gasteiger partial charge in [-0.25, -0.2) is 0 Å². The number of hydrogen-bond acceptors (Lipinski definition) is 4. The van der Waals surface area contributed by atoms with Gasteiger partial charge in [0.05, 0.1) is 22.7 Å². The number of anilines is 1. The van der Waals surface area contributed by atoms with Crippen molar-refractivity contribution < 1.29 is 14.1 Å². The molecule has 5 rings (SSSR count). The number of nitrogens with zero attached hydrogens (tertiary/aromatic N) is 2. The number of unbranched alkanes of at least 4 members (excludes halogenated alkanes) is 2. The van der Waals surface area contributed by atoms with Crippen molar-refractivity contribution in [3.05, 3.63) is 119 Å². The number of ether oxygens (including phenoxy) is 1. The molecule has 198 valence electrons. The van der Waals surface area contributed by atoms with E-state index in [0.29, 0.717) is 13.0 Å². The first-order valence-electron chi connectivity index (χ1n) is 13.8. The standard InChI is InChI=1S/C34H35N2O2S/c1-2-38-34(37)22-7-4-12-24-36-31-19-10-11-20-32(31)39-33(36)21-13-16-28-23-25-35(26-27-14-5-3-6-15-27)30-18-9-8-17-29(28)30/h3,5-6,8-11,13-21,23,25H,2,4,7,12,22,24,26H2,1H3/q+1. The van der Waals surface area contributed by atoms with Gasteiger partial charge in [0.1, 0.15) is 0 Å². The molecule has 0 fully saturated rings. The number of pyridine rings is 1. The molecule has 1 aromatic heterocycles. The van der Waals surface area contributed by atoms with Crippen LogP contribution in [0.25, 0.3) is 17.0 Å². The molecule has 0 spiro atoms. The first-order valence-corrected chi connectivity index (χ1v) is 14.6. The average molecular weight is 536 g/mol. The fourth-order valence-electron chi connectivity index (χ4n) is 4.96. The first-order chi connectivity index (χ1) is 19.2. The van der Waals surface area contributed by atoms with E-state index in [4.69, 9.17) is 4.74 Å². The van der Waals surface area contributed by atoms with Gasteiger partial charge in [-0.2, -0.15) is 4.57 Å². The summed E-state index contributed by atoms with van der Waals surface area (Å²) < 4.78 is 7.37. The Bertz CT molecular complexity index is 1480. The van der Waals surface area contributed by atoms with E-state index in [9.17, 15) is 4.79 Å². The number of aromatic nitrogens is 1. The number of benzene rings is 3. The third kappa shape index (κ3) is 6.79. The Kier molecular flexibility index (Phi) is 9.13. The summed E-state index contributed by atoms with van der Waals surface area (Å²) in [5.41, 5.74) is 4.99. The van der Waals surface area contributed by atoms with Crippen molar-refractivity contribution in [3.8, 4) is 0 Å². The molecular formula is C34H35N2O2S+. The molecular weight excluding hydrogens is 500 g/mol. The van der Waals surface area contributed by atoms with Crippen molar-refractivity contribution in [1.82, 2.24) is 0 Å². The largest absolute Gasteiger partial charge is 0.466 e. The third-order valence-corrected chi connectivity index (χ3v) is 8.00. The van der Waals surface area contributed by atoms with Crippen molar-refractivity contribution in [2.24, 2.45) is 0 Å². The van der Waals surface area contributed by atoms with Crippen LogP contribution in [0.5, 0.6) is 0 Å². The molecule has 0 saturated heterocycles. The number of hydrogen-bond donors (Lipinski definition) is 0. The Morgan fingerprint density at radius 2 is 1.72 bits per heavy atom. The van der Waals surface area contributed by atoms with Crippen molar-refractivity contribution >= 4 is 40.4 Å². The van der Waals surface area contributed by atoms with Crippen LogP contribution < -0.4 is 9.47 Å². The molecule has 4 nitrogen and oxygen atoms in total. The monoisotopic (exact) mass is 535 g/mol. The zero-order valence-electron chi connectivity index (χ0n) is 22.5. The van der Waals surface area contributed by atoms with Crippen molar-refractivity contribution in [2.45, 2.75) is 44.0 Å². The molecule has 0 N–H and O–H groups in total. The van der Waals surface area contributed by atoms with Crippen LogP contribution in [0.4, 0.5) is 5.69 Å². The van der Waals surface area contributed by atoms with E-state index in [-0.39, 0.29) is 5.97 Å². The van der Waals surface area contributed by atoms with Crippen LogP contribution >= 0.6 is 11.8 Å². The molecule has 5 heteroatoms. The van der Waals surface area contributed by atoms with Gasteiger partial charge in [0.25, 0.3) is 0 Å². The average Bonchev–Trinajstić information content (AvgIpc) is 3.32. The topological polar surface area (TPSA) is 33.4 Å². The summed E-state index contributed by atoms with van der Waals surface area (Å²) in [7, 11) is 0. The highest BCUT2D eigenvalue weighted by molar-refractivity contribution is 8.03. The first kappa shape index (κ1) is 26.8. The SMILES string of the molecule is CCOC(=O)CCCCCN1/C(=C/C=C/c2cc[n+](Cc3ccccc3)c3ccccc23)Sc2ccccc21. The summed E-state index contributed by atoms with van der Waals surface area (Å²) >= 11 is 1.82. The third-order valence-electron chi connectivity index (χ3n) is 6.87. The van der Waals surface area contributed by atoms with Gasteiger partial charge in [-0.1, -0.05) is 84.9 Å². The van der Waals surface area contributed by atoms with E-state index in [0.717, 1.165) is 32.4 Å². The Hall–Kier alpha value is -3.83. The van der Waals surface area contributed by atoms with Crippen LogP contribution in [0.2, 0.25) is 0 Å². The van der Waals surface area contributed by atoms with Crippen LogP contribution in [0.1, 0.15) is 43.7 Å². The lowest BCUT2D eigenvalue weighted by Crippen LogP contribution is -2.34. The van der Waals surface area contributed by atoms with E-state index >= 15 is 0 Å². The lowest BCUT2D eigenvalue weighted by molar-refractivity contribution is -0.662. The smallest absolute Gasteiger partial charge is 0.305 e. The molecule has 4 aromatic rings. The fraction of sp³-hybridized carbons (Fsp3) is 0.235. The van der Waals surface area contributed by atoms with Gasteiger partial charge in [0.2, 0.25) is 5.52 Å². The molecule has 1 aliphatic heterocycles. The minimum atomic E-state index is -0.0932. The molecule has 0 unspecified atom stereocenters. The Morgan fingerprint density at radius 3 is 2.59 bits per heavy atom. The molecule has 0 amide bonds. The number of esters is 1. The maximum Gasteiger partial charge on any atom is 0.305 e. The second-order valence-electron chi connectivity index (χ2n) is 9.60. The van der Waals surface area contributed by atoms with E-state index in [1.165, 1.54) is 37.6 Å². The van der Waals surface area contributed by atoms with E-state index < -0.39 is 0 Å². The summed E-state index contributed by atoms with van der Waals surface area (Å²) in [5, 5.41) is 2.48. The zero-order chi connectivity index (χ0) is 26.9. The molecule has 1 aliphatic rings. The lowest BCUT2D eigenvalue weighted by Gasteiger charge is -2.20. The summed E-state index contributed by atoms with van der Waals surface area (Å²) in [5.74, 6) is -0.0932. The van der Waals surface area contributed by atoms with Crippen LogP contribution in [0, 0.1) is 0 Å². The highest BCUT2D eigenvalue weighted by Crippen LogP contribution is 2.45. The van der Waals surface area contributed by atoms with Crippen molar-refractivity contribution in [1.29, 1.82) is 0 Å². The number of para-hydroxylation sites is 2. The van der Waals surface area contributed by atoms with Crippen LogP contribution in [-0.4, -0.2) is 19.1 Å². The molecule has 0 atom stereocenters. The van der Waals surface area contributed by atoms with Crippen LogP contribution in [0.15, 0.2) is 113 Å². The Balaban J connectivity index is 1.30. The van der Waals surface area contributed by atoms with Crippen molar-refractivity contribution in [2.75, 3.05) is 18.1 Å². The highest BCUT2D eigenvalue weighted by atomic mass is 32.2. The van der Waals surface area contributed by atoms with Crippen LogP contribution in [0.3, 0.4) is 0 Å². The number of carbonyl (C=O) groups is 1. The van der Waals surface area contributed by atoms with Gasteiger partial charge in [0, 0.05) is 35.6 Å². The predicted octanol–water partition coefficient (Wildman–Crippen LogP) is 7.77. The molecule has 0 saturated carbocycles. The normalized spacial score (nSPS) is 13.9. The quantitative estimate of drug-likeness (QED) is 0.112. The molecule has 2 heterocycles. The Labute approximate surface area is 235 Å². The van der Waals surface area contributed by atoms with E-state index in [2.05, 4.69) is 119 Å². The number of allylic oxidation sites excluding steroid dienone is 2. The van der Waals surface area contributed by atoms with Gasteiger partial charge in [-0.15, -0.1) is 0 Å². The second-order valence-corrected chi connectivity index (χ2v) is 10.7. The molecule has 0 radical (unpaired) electrons. The molecule has 39 heavy (non-hydrogen) atoms. The number of carbonyl (C=O) groups excluding carboxylic acids is 1. The number of fused-ring (bicyclic) bond motifs is 2. The fourth-order valence-corrected chi connectivity index (χ4v) is 6.06. The Morgan fingerprint density at radius 1 is 0.923 bits per heavy atom. The van der Waals surface area contributed by atoms with E-state index in [1.54, 1.807) is 0 Å². The van der Waals surface area contributed by atoms with E-state index in [1.807, 2.05) is 18.7 Å². The van der Waals surface area contributed by atoms with Gasteiger partial charge >= 0.3 is 5.97 Å². The summed E-state index contributed by atoms with van der Waals surface area (Å²) in [4.78, 5) is 15.3. The molecule has 0 bridgehead atoms. The zero-order valence-corrected chi connectivity index (χ0v) is 23.3. The highest BCUT2D eigenvalue weighted by Gasteiger charge is 2.23. The van der Waals surface area contributed by atoms with Gasteiger partial charge in [-0.3, -0.25) is 4.79 Å². The summed E-state index contributed by atoms with van der Waals surface area (Å²) in [6.07, 6.45) is 12.2. The van der Waals surface area contributed by atoms with Crippen LogP contribution in [-0.2, 0) is 16.1 Å². The lowest BCUT2D eigenvalue weighted by atomic mass is 10.1.